The summed E-state index contributed by atoms with van der Waals surface area (Å²) in [7, 11) is 0. The Morgan fingerprint density at radius 2 is 1.02 bits per heavy atom. The minimum absolute atomic E-state index is 0.121. The first kappa shape index (κ1) is 56.0. The van der Waals surface area contributed by atoms with Crippen molar-refractivity contribution in [1.29, 1.82) is 0 Å². The van der Waals surface area contributed by atoms with Crippen LogP contribution in [-0.4, -0.2) is 96.6 Å². The smallest absolute Gasteiger partial charge is 0.384 e. The Morgan fingerprint density at radius 3 is 1.46 bits per heavy atom. The van der Waals surface area contributed by atoms with Gasteiger partial charge in [0.05, 0.1) is 35.4 Å². The molecule has 0 saturated heterocycles. The summed E-state index contributed by atoms with van der Waals surface area (Å²) in [6.45, 7) is 3.39. The molecule has 3 atom stereocenters. The fourth-order valence-electron chi connectivity index (χ4n) is 6.44. The van der Waals surface area contributed by atoms with Gasteiger partial charge in [-0.05, 0) is 59.8 Å². The van der Waals surface area contributed by atoms with E-state index in [4.69, 9.17) is 14.6 Å². The molecular weight excluding hydrogens is 828 g/mol. The van der Waals surface area contributed by atoms with Crippen LogP contribution >= 0.6 is 0 Å². The molecule has 0 aliphatic heterocycles. The number of aliphatic carboxylic acids is 1. The fraction of sp³-hybridized carbons (Fsp3) is 0.895. The molecule has 21 heteroatoms. The number of alkyl halides is 12. The Labute approximate surface area is 336 Å². The zero-order chi connectivity index (χ0) is 46.3. The number of unbranched alkanes of at least 4 members (excludes halogenated alkanes) is 9. The van der Waals surface area contributed by atoms with E-state index in [1.807, 2.05) is 0 Å². The van der Waals surface area contributed by atoms with E-state index in [1.54, 1.807) is 0 Å². The number of esters is 3. The molecule has 0 fully saturated rings. The monoisotopic (exact) mass is 886 g/mol. The van der Waals surface area contributed by atoms with Crippen molar-refractivity contribution in [3.05, 3.63) is 0 Å². The highest BCUT2D eigenvalue weighted by molar-refractivity contribution is 5.82. The topological polar surface area (TPSA) is 136 Å². The Morgan fingerprint density at radius 1 is 0.576 bits per heavy atom. The number of aliphatic hydroxyl groups excluding tert-OH is 1. The van der Waals surface area contributed by atoms with Crippen molar-refractivity contribution in [1.82, 2.24) is 0 Å². The lowest BCUT2D eigenvalue weighted by atomic mass is 9.67. The maximum atomic E-state index is 14.7. The van der Waals surface area contributed by atoms with E-state index in [0.29, 0.717) is 12.8 Å². The zero-order valence-electron chi connectivity index (χ0n) is 34.2. The van der Waals surface area contributed by atoms with E-state index >= 15 is 0 Å². The van der Waals surface area contributed by atoms with Crippen LogP contribution in [0, 0.1) is 22.2 Å². The average Bonchev–Trinajstić information content (AvgIpc) is 3.13. The number of aliphatic hydroxyl groups is 1. The van der Waals surface area contributed by atoms with Crippen molar-refractivity contribution in [2.45, 2.75) is 167 Å². The summed E-state index contributed by atoms with van der Waals surface area (Å²) < 4.78 is 180. The normalized spacial score (nSPS) is 15.9. The molecule has 0 amide bonds. The highest BCUT2D eigenvalue weighted by Crippen LogP contribution is 2.58. The van der Waals surface area contributed by atoms with Gasteiger partial charge in [0.1, 0.15) is 6.61 Å². The van der Waals surface area contributed by atoms with Crippen molar-refractivity contribution < 1.29 is 96.3 Å². The molecule has 0 saturated carbocycles. The zero-order valence-corrected chi connectivity index (χ0v) is 34.2. The van der Waals surface area contributed by atoms with Gasteiger partial charge in [0.25, 0.3) is 0 Å². The van der Waals surface area contributed by atoms with Crippen molar-refractivity contribution in [2.75, 3.05) is 26.4 Å². The van der Waals surface area contributed by atoms with Gasteiger partial charge in [0, 0.05) is 0 Å². The number of carbonyl (C=O) groups excluding carboxylic acids is 3. The van der Waals surface area contributed by atoms with Gasteiger partial charge in [0.15, 0.2) is 6.61 Å². The van der Waals surface area contributed by atoms with Crippen molar-refractivity contribution in [2.24, 2.45) is 22.2 Å². The lowest BCUT2D eigenvalue weighted by Gasteiger charge is -2.40. The number of ether oxygens (including phenoxy) is 3. The van der Waals surface area contributed by atoms with Crippen molar-refractivity contribution in [3.8, 4) is 0 Å². The first-order chi connectivity index (χ1) is 26.8. The fourth-order valence-corrected chi connectivity index (χ4v) is 6.44. The highest BCUT2D eigenvalue weighted by Gasteiger charge is 2.88. The average molecular weight is 887 g/mol. The van der Waals surface area contributed by atoms with Gasteiger partial charge in [-0.2, -0.15) is 43.9 Å². The predicted molar refractivity (Wildman–Crippen MR) is 188 cm³/mol. The Bertz CT molecular complexity index is 1350. The largest absolute Gasteiger partial charge is 0.481 e. The summed E-state index contributed by atoms with van der Waals surface area (Å²) in [5.41, 5.74) is -6.09. The summed E-state index contributed by atoms with van der Waals surface area (Å²) in [6, 6.07) is 0. The highest BCUT2D eigenvalue weighted by atomic mass is 19.4. The van der Waals surface area contributed by atoms with Crippen molar-refractivity contribution in [3.63, 3.8) is 0 Å². The quantitative estimate of drug-likeness (QED) is 0.0302. The van der Waals surface area contributed by atoms with E-state index in [1.165, 1.54) is 13.8 Å². The molecule has 0 rings (SSSR count). The van der Waals surface area contributed by atoms with Gasteiger partial charge < -0.3 is 24.4 Å². The number of hydrogen-bond acceptors (Lipinski definition) is 8. The van der Waals surface area contributed by atoms with Crippen LogP contribution in [0.4, 0.5) is 52.7 Å². The summed E-state index contributed by atoms with van der Waals surface area (Å²) >= 11 is 0. The molecule has 0 aromatic heterocycles. The van der Waals surface area contributed by atoms with Crippen LogP contribution in [-0.2, 0) is 33.4 Å². The number of halogens is 12. The summed E-state index contributed by atoms with van der Waals surface area (Å²) in [4.78, 5) is 52.1. The third-order valence-corrected chi connectivity index (χ3v) is 10.3. The molecule has 0 aromatic carbocycles. The molecule has 2 N–H and O–H groups in total. The second-order valence-corrected chi connectivity index (χ2v) is 16.1. The van der Waals surface area contributed by atoms with Gasteiger partial charge in [-0.25, -0.2) is 8.78 Å². The molecule has 3 unspecified atom stereocenters. The van der Waals surface area contributed by atoms with Crippen LogP contribution in [0.2, 0.25) is 0 Å². The van der Waals surface area contributed by atoms with Crippen molar-refractivity contribution >= 4 is 23.9 Å². The molecule has 0 heterocycles. The molecule has 0 spiro atoms. The predicted octanol–water partition coefficient (Wildman–Crippen LogP) is 10.3. The van der Waals surface area contributed by atoms with Gasteiger partial charge in [0.2, 0.25) is 0 Å². The number of carboxylic acid groups (broad SMARTS) is 1. The number of hydrogen-bond donors (Lipinski definition) is 2. The number of rotatable bonds is 31. The van der Waals surface area contributed by atoms with E-state index in [2.05, 4.69) is 11.7 Å². The van der Waals surface area contributed by atoms with E-state index in [9.17, 15) is 77.0 Å². The molecule has 0 aliphatic rings. The molecule has 348 valence electrons. The van der Waals surface area contributed by atoms with E-state index < -0.39 is 121 Å². The van der Waals surface area contributed by atoms with Gasteiger partial charge in [-0.3, -0.25) is 19.2 Å². The first-order valence-electron chi connectivity index (χ1n) is 19.3. The minimum atomic E-state index is -7.89. The van der Waals surface area contributed by atoms with Crippen LogP contribution in [0.25, 0.3) is 0 Å². The van der Waals surface area contributed by atoms with E-state index in [0.717, 1.165) is 72.1 Å². The number of carbonyl (C=O) groups is 4. The third kappa shape index (κ3) is 14.6. The number of carboxylic acids is 1. The molecule has 0 aromatic rings. The lowest BCUT2D eigenvalue weighted by Crippen LogP contribution is -2.69. The standard InChI is InChI=1S/C38H58F12O9/c1-7-9-10-11-12-13-14-15-16-17-19-57-28(54)31(3,4)23-33(6,22-25(26(52)53)21-32(5,8-2)29(55)58-20-18-51)30(56)59-24-34(41,42)36(45,46)38(49,50)37(47,48)35(43,44)27(39)40/h25,27,51H,7-24H2,1-6H3,(H,52,53). The van der Waals surface area contributed by atoms with Crippen LogP contribution in [0.1, 0.15) is 131 Å². The Kier molecular flexibility index (Phi) is 21.6. The van der Waals surface area contributed by atoms with Crippen LogP contribution < -0.4 is 0 Å². The first-order valence-corrected chi connectivity index (χ1v) is 19.3. The van der Waals surface area contributed by atoms with Crippen LogP contribution in [0.5, 0.6) is 0 Å². The summed E-state index contributed by atoms with van der Waals surface area (Å²) in [6.07, 6.45) is 0.965. The molecule has 0 radical (unpaired) electrons. The maximum Gasteiger partial charge on any atom is 0.384 e. The minimum Gasteiger partial charge on any atom is -0.481 e. The lowest BCUT2D eigenvalue weighted by molar-refractivity contribution is -0.414. The SMILES string of the molecule is CCCCCCCCCCCCOC(=O)C(C)(C)CC(C)(CC(CC(C)(CC)C(=O)OCCO)C(=O)O)C(=O)OCC(F)(F)C(F)(F)C(F)(F)C(F)(F)C(F)(F)C(F)F. The molecular formula is C38H58F12O9. The Hall–Kier alpha value is -3.00. The van der Waals surface area contributed by atoms with Gasteiger partial charge in [-0.1, -0.05) is 71.6 Å². The van der Waals surface area contributed by atoms with E-state index in [-0.39, 0.29) is 13.0 Å². The molecule has 9 nitrogen and oxygen atoms in total. The summed E-state index contributed by atoms with van der Waals surface area (Å²) in [5, 5.41) is 19.2. The van der Waals surface area contributed by atoms with Gasteiger partial charge in [-0.15, -0.1) is 0 Å². The molecule has 59 heavy (non-hydrogen) atoms. The second kappa shape index (κ2) is 22.7. The Balaban J connectivity index is 6.53. The molecule has 0 bridgehead atoms. The maximum absolute atomic E-state index is 14.7. The second-order valence-electron chi connectivity index (χ2n) is 16.1. The van der Waals surface area contributed by atoms with Gasteiger partial charge >= 0.3 is 59.9 Å². The summed E-state index contributed by atoms with van der Waals surface area (Å²) in [5.74, 6) is -44.9. The van der Waals surface area contributed by atoms with Crippen LogP contribution in [0.3, 0.4) is 0 Å². The molecule has 0 aliphatic carbocycles. The van der Waals surface area contributed by atoms with Crippen LogP contribution in [0.15, 0.2) is 0 Å². The third-order valence-electron chi connectivity index (χ3n) is 10.3.